The molecule has 1 unspecified atom stereocenters. The second-order valence-electron chi connectivity index (χ2n) is 8.78. The molecule has 7 nitrogen and oxygen atoms in total. The van der Waals surface area contributed by atoms with Crippen LogP contribution in [0.2, 0.25) is 0 Å². The van der Waals surface area contributed by atoms with E-state index in [9.17, 15) is 4.79 Å². The smallest absolute Gasteiger partial charge is 0.233 e. The quantitative estimate of drug-likeness (QED) is 0.333. The number of para-hydroxylation sites is 1. The molecule has 1 saturated heterocycles. The summed E-state index contributed by atoms with van der Waals surface area (Å²) < 4.78 is 8.81. The van der Waals surface area contributed by atoms with Gasteiger partial charge in [-0.1, -0.05) is 37.7 Å². The first kappa shape index (κ1) is 22.2. The molecule has 172 valence electrons. The largest absolute Gasteiger partial charge is 0.461 e. The van der Waals surface area contributed by atoms with Crippen LogP contribution in [-0.2, 0) is 11.3 Å². The third-order valence-corrected chi connectivity index (χ3v) is 7.92. The van der Waals surface area contributed by atoms with Crippen LogP contribution in [-0.4, -0.2) is 49.4 Å². The maximum Gasteiger partial charge on any atom is 0.233 e. The number of carbonyl (C=O) groups excluding carboxylic acids is 1. The Balaban J connectivity index is 1.26. The maximum absolute atomic E-state index is 13.1. The number of thiazole rings is 1. The van der Waals surface area contributed by atoms with Crippen molar-refractivity contribution in [3.63, 3.8) is 0 Å². The molecule has 1 fully saturated rings. The Bertz CT molecular complexity index is 1200. The number of nitrogens with zero attached hydrogens (tertiary/aromatic N) is 5. The molecule has 4 heterocycles. The molecule has 0 N–H and O–H groups in total. The lowest BCUT2D eigenvalue weighted by Gasteiger charge is -2.31. The molecule has 3 aromatic heterocycles. The molecule has 0 saturated carbocycles. The fraction of sp³-hybridized carbons (Fsp3) is 0.417. The molecule has 1 aromatic carbocycles. The zero-order valence-corrected chi connectivity index (χ0v) is 20.4. The van der Waals surface area contributed by atoms with Gasteiger partial charge in [0.25, 0.3) is 0 Å². The van der Waals surface area contributed by atoms with Crippen LogP contribution >= 0.6 is 23.1 Å². The lowest BCUT2D eigenvalue weighted by atomic mass is 9.99. The number of furan rings is 1. The van der Waals surface area contributed by atoms with Gasteiger partial charge in [-0.2, -0.15) is 0 Å². The van der Waals surface area contributed by atoms with Gasteiger partial charge in [-0.05, 0) is 43.0 Å². The number of piperidine rings is 1. The molecular formula is C24H27N5O2S2. The lowest BCUT2D eigenvalue weighted by molar-refractivity contribution is -0.129. The number of fused-ring (bicyclic) bond motifs is 1. The van der Waals surface area contributed by atoms with E-state index in [1.165, 1.54) is 16.5 Å². The Hall–Kier alpha value is -2.65. The van der Waals surface area contributed by atoms with Crippen molar-refractivity contribution in [3.8, 4) is 11.6 Å². The van der Waals surface area contributed by atoms with Crippen LogP contribution in [0.5, 0.6) is 0 Å². The highest BCUT2D eigenvalue weighted by atomic mass is 32.2. The summed E-state index contributed by atoms with van der Waals surface area (Å²) in [6.07, 6.45) is 3.72. The normalized spacial score (nSPS) is 16.7. The van der Waals surface area contributed by atoms with E-state index in [-0.39, 0.29) is 5.91 Å². The first-order valence-electron chi connectivity index (χ1n) is 11.3. The van der Waals surface area contributed by atoms with Gasteiger partial charge in [0.2, 0.25) is 5.91 Å². The zero-order valence-electron chi connectivity index (χ0n) is 18.8. The summed E-state index contributed by atoms with van der Waals surface area (Å²) in [7, 11) is 0. The van der Waals surface area contributed by atoms with Crippen molar-refractivity contribution >= 4 is 39.2 Å². The number of thioether (sulfide) groups is 1. The number of amides is 1. The van der Waals surface area contributed by atoms with Gasteiger partial charge in [-0.25, -0.2) is 4.98 Å². The number of hydrogen-bond acceptors (Lipinski definition) is 7. The van der Waals surface area contributed by atoms with E-state index in [4.69, 9.17) is 9.40 Å². The van der Waals surface area contributed by atoms with Crippen LogP contribution in [0.4, 0.5) is 0 Å². The fourth-order valence-corrected chi connectivity index (χ4v) is 6.14. The van der Waals surface area contributed by atoms with Crippen molar-refractivity contribution in [1.29, 1.82) is 0 Å². The highest BCUT2D eigenvalue weighted by Gasteiger charge is 2.27. The Morgan fingerprint density at radius 3 is 2.91 bits per heavy atom. The summed E-state index contributed by atoms with van der Waals surface area (Å²) in [5, 5.41) is 10.6. The van der Waals surface area contributed by atoms with Gasteiger partial charge in [-0.3, -0.25) is 9.36 Å². The van der Waals surface area contributed by atoms with Crippen LogP contribution in [0, 0.1) is 5.92 Å². The van der Waals surface area contributed by atoms with E-state index in [1.807, 2.05) is 29.2 Å². The second kappa shape index (κ2) is 9.69. The molecule has 5 rings (SSSR count). The molecule has 1 atom stereocenters. The molecule has 1 aliphatic rings. The molecule has 1 aliphatic heterocycles. The first-order chi connectivity index (χ1) is 16.1. The molecule has 33 heavy (non-hydrogen) atoms. The Morgan fingerprint density at radius 1 is 1.24 bits per heavy atom. The van der Waals surface area contributed by atoms with Crippen LogP contribution in [0.3, 0.4) is 0 Å². The highest BCUT2D eigenvalue weighted by molar-refractivity contribution is 7.99. The van der Waals surface area contributed by atoms with Crippen molar-refractivity contribution in [3.05, 3.63) is 47.7 Å². The van der Waals surface area contributed by atoms with E-state index in [1.54, 1.807) is 17.6 Å². The molecule has 4 aromatic rings. The maximum atomic E-state index is 13.1. The summed E-state index contributed by atoms with van der Waals surface area (Å²) in [4.78, 5) is 19.9. The summed E-state index contributed by atoms with van der Waals surface area (Å²) in [5.74, 6) is 2.61. The topological polar surface area (TPSA) is 77.1 Å². The van der Waals surface area contributed by atoms with Crippen molar-refractivity contribution in [2.24, 2.45) is 5.92 Å². The number of carbonyl (C=O) groups is 1. The number of likely N-dealkylation sites (tertiary alicyclic amines) is 1. The van der Waals surface area contributed by atoms with Gasteiger partial charge in [0.05, 0.1) is 27.2 Å². The van der Waals surface area contributed by atoms with Gasteiger partial charge in [0.15, 0.2) is 16.7 Å². The molecule has 0 radical (unpaired) electrons. The molecule has 0 bridgehead atoms. The van der Waals surface area contributed by atoms with Gasteiger partial charge < -0.3 is 9.32 Å². The summed E-state index contributed by atoms with van der Waals surface area (Å²) >= 11 is 3.21. The van der Waals surface area contributed by atoms with E-state index in [2.05, 4.69) is 40.7 Å². The molecule has 9 heteroatoms. The minimum absolute atomic E-state index is 0.143. The first-order valence-corrected chi connectivity index (χ1v) is 13.1. The standard InChI is InChI=1S/C24H27N5O2S2/c1-16(2)13-29-22(19-9-6-12-31-19)26-27-24(29)32-15-21(30)28-11-5-7-17(14-28)23-25-18-8-3-4-10-20(18)33-23/h3-4,6,8-10,12,16-17H,5,7,11,13-15H2,1-2H3. The van der Waals surface area contributed by atoms with Crippen molar-refractivity contribution in [2.75, 3.05) is 18.8 Å². The zero-order chi connectivity index (χ0) is 22.8. The Kier molecular flexibility index (Phi) is 6.50. The third-order valence-electron chi connectivity index (χ3n) is 5.76. The van der Waals surface area contributed by atoms with Crippen LogP contribution < -0.4 is 0 Å². The SMILES string of the molecule is CC(C)Cn1c(SCC(=O)N2CCCC(c3nc4ccccc4s3)C2)nnc1-c1ccco1. The Morgan fingerprint density at radius 2 is 2.12 bits per heavy atom. The minimum atomic E-state index is 0.143. The second-order valence-corrected chi connectivity index (χ2v) is 10.8. The number of rotatable bonds is 7. The number of hydrogen-bond donors (Lipinski definition) is 0. The summed E-state index contributed by atoms with van der Waals surface area (Å²) in [6, 6.07) is 12.0. The van der Waals surface area contributed by atoms with Crippen LogP contribution in [0.1, 0.15) is 37.6 Å². The third kappa shape index (κ3) is 4.84. The van der Waals surface area contributed by atoms with Gasteiger partial charge in [0.1, 0.15) is 0 Å². The monoisotopic (exact) mass is 481 g/mol. The highest BCUT2D eigenvalue weighted by Crippen LogP contribution is 2.33. The average Bonchev–Trinajstić information content (AvgIpc) is 3.57. The van der Waals surface area contributed by atoms with Crippen molar-refractivity contribution in [1.82, 2.24) is 24.6 Å². The predicted octanol–water partition coefficient (Wildman–Crippen LogP) is 5.30. The molecule has 1 amide bonds. The van der Waals surface area contributed by atoms with E-state index >= 15 is 0 Å². The average molecular weight is 482 g/mol. The van der Waals surface area contributed by atoms with Crippen LogP contribution in [0.25, 0.3) is 21.8 Å². The van der Waals surface area contributed by atoms with E-state index in [0.29, 0.717) is 29.2 Å². The van der Waals surface area contributed by atoms with Crippen LogP contribution in [0.15, 0.2) is 52.2 Å². The Labute approximate surface area is 201 Å². The van der Waals surface area contributed by atoms with E-state index in [0.717, 1.165) is 48.2 Å². The summed E-state index contributed by atoms with van der Waals surface area (Å²) in [5.41, 5.74) is 1.05. The molecule has 0 spiro atoms. The number of aromatic nitrogens is 4. The van der Waals surface area contributed by atoms with Gasteiger partial charge in [-0.15, -0.1) is 21.5 Å². The van der Waals surface area contributed by atoms with Gasteiger partial charge in [0, 0.05) is 25.6 Å². The number of benzene rings is 1. The summed E-state index contributed by atoms with van der Waals surface area (Å²) in [6.45, 7) is 6.61. The molecule has 0 aliphatic carbocycles. The lowest BCUT2D eigenvalue weighted by Crippen LogP contribution is -2.40. The minimum Gasteiger partial charge on any atom is -0.461 e. The van der Waals surface area contributed by atoms with Crippen molar-refractivity contribution in [2.45, 2.75) is 44.3 Å². The predicted molar refractivity (Wildman–Crippen MR) is 131 cm³/mol. The van der Waals surface area contributed by atoms with E-state index < -0.39 is 0 Å². The fourth-order valence-electron chi connectivity index (χ4n) is 4.20. The van der Waals surface area contributed by atoms with Gasteiger partial charge >= 0.3 is 0 Å². The molecular weight excluding hydrogens is 454 g/mol. The van der Waals surface area contributed by atoms with Crippen molar-refractivity contribution < 1.29 is 9.21 Å².